The molecule has 0 radical (unpaired) electrons. The summed E-state index contributed by atoms with van der Waals surface area (Å²) in [6.07, 6.45) is 9.95. The van der Waals surface area contributed by atoms with Crippen LogP contribution in [0.5, 0.6) is 0 Å². The SMILES string of the molecule is COC(=O)CCC1=CCCC=C1. The molecule has 0 unspecified atom stereocenters. The molecule has 2 heteroatoms. The molecule has 66 valence electrons. The Morgan fingerprint density at radius 3 is 3.00 bits per heavy atom. The molecule has 0 heterocycles. The number of carbonyl (C=O) groups excluding carboxylic acids is 1. The molecule has 0 aromatic carbocycles. The number of hydrogen-bond acceptors (Lipinski definition) is 2. The summed E-state index contributed by atoms with van der Waals surface area (Å²) < 4.78 is 4.55. The lowest BCUT2D eigenvalue weighted by Crippen LogP contribution is -2.00. The number of allylic oxidation sites excluding steroid dienone is 4. The van der Waals surface area contributed by atoms with Crippen LogP contribution in [0.25, 0.3) is 0 Å². The van der Waals surface area contributed by atoms with Crippen molar-refractivity contribution in [2.24, 2.45) is 0 Å². The second-order valence-electron chi connectivity index (χ2n) is 2.83. The average molecular weight is 166 g/mol. The van der Waals surface area contributed by atoms with Crippen molar-refractivity contribution in [2.45, 2.75) is 25.7 Å². The van der Waals surface area contributed by atoms with Crippen LogP contribution in [0.1, 0.15) is 25.7 Å². The van der Waals surface area contributed by atoms with E-state index < -0.39 is 0 Å². The van der Waals surface area contributed by atoms with E-state index in [1.54, 1.807) is 0 Å². The molecule has 2 nitrogen and oxygen atoms in total. The van der Waals surface area contributed by atoms with E-state index >= 15 is 0 Å². The van der Waals surface area contributed by atoms with E-state index in [4.69, 9.17) is 0 Å². The summed E-state index contributed by atoms with van der Waals surface area (Å²) in [6.45, 7) is 0. The molecule has 0 aromatic rings. The lowest BCUT2D eigenvalue weighted by atomic mass is 10.0. The Morgan fingerprint density at radius 2 is 2.42 bits per heavy atom. The number of esters is 1. The van der Waals surface area contributed by atoms with Gasteiger partial charge in [-0.15, -0.1) is 0 Å². The Kier molecular flexibility index (Phi) is 3.58. The highest BCUT2D eigenvalue weighted by Crippen LogP contribution is 2.14. The molecule has 0 saturated heterocycles. The van der Waals surface area contributed by atoms with Crippen molar-refractivity contribution in [3.8, 4) is 0 Å². The minimum atomic E-state index is -0.130. The maximum absolute atomic E-state index is 10.8. The Labute approximate surface area is 72.9 Å². The minimum absolute atomic E-state index is 0.130. The fourth-order valence-electron chi connectivity index (χ4n) is 1.20. The first kappa shape index (κ1) is 9.04. The van der Waals surface area contributed by atoms with E-state index in [9.17, 15) is 4.79 Å². The predicted octanol–water partition coefficient (Wildman–Crippen LogP) is 2.22. The Morgan fingerprint density at radius 1 is 1.58 bits per heavy atom. The predicted molar refractivity (Wildman–Crippen MR) is 47.7 cm³/mol. The number of ether oxygens (including phenoxy) is 1. The summed E-state index contributed by atoms with van der Waals surface area (Å²) in [5.74, 6) is -0.130. The largest absolute Gasteiger partial charge is 0.469 e. The van der Waals surface area contributed by atoms with Crippen molar-refractivity contribution < 1.29 is 9.53 Å². The minimum Gasteiger partial charge on any atom is -0.469 e. The molecular formula is C10H14O2. The highest BCUT2D eigenvalue weighted by molar-refractivity contribution is 5.69. The summed E-state index contributed by atoms with van der Waals surface area (Å²) in [6, 6.07) is 0. The number of hydrogen-bond donors (Lipinski definition) is 0. The zero-order chi connectivity index (χ0) is 8.81. The molecule has 1 rings (SSSR count). The van der Waals surface area contributed by atoms with Gasteiger partial charge in [-0.1, -0.05) is 23.8 Å². The van der Waals surface area contributed by atoms with Crippen molar-refractivity contribution in [3.63, 3.8) is 0 Å². The highest BCUT2D eigenvalue weighted by Gasteiger charge is 2.02. The monoisotopic (exact) mass is 166 g/mol. The summed E-state index contributed by atoms with van der Waals surface area (Å²) in [5.41, 5.74) is 1.26. The van der Waals surface area contributed by atoms with Gasteiger partial charge in [-0.3, -0.25) is 4.79 Å². The first-order chi connectivity index (χ1) is 5.83. The summed E-state index contributed by atoms with van der Waals surface area (Å²) in [4.78, 5) is 10.8. The third-order valence-electron chi connectivity index (χ3n) is 1.92. The maximum atomic E-state index is 10.8. The third kappa shape index (κ3) is 2.91. The van der Waals surface area contributed by atoms with E-state index in [0.717, 1.165) is 19.3 Å². The van der Waals surface area contributed by atoms with Crippen molar-refractivity contribution in [1.29, 1.82) is 0 Å². The molecule has 1 aliphatic carbocycles. The van der Waals surface area contributed by atoms with E-state index in [0.29, 0.717) is 6.42 Å². The van der Waals surface area contributed by atoms with Gasteiger partial charge in [0.2, 0.25) is 0 Å². The van der Waals surface area contributed by atoms with Crippen molar-refractivity contribution in [1.82, 2.24) is 0 Å². The molecule has 0 atom stereocenters. The van der Waals surface area contributed by atoms with Gasteiger partial charge in [-0.05, 0) is 19.3 Å². The number of methoxy groups -OCH3 is 1. The second-order valence-corrected chi connectivity index (χ2v) is 2.83. The zero-order valence-electron chi connectivity index (χ0n) is 7.38. The zero-order valence-corrected chi connectivity index (χ0v) is 7.38. The van der Waals surface area contributed by atoms with E-state index in [1.165, 1.54) is 12.7 Å². The van der Waals surface area contributed by atoms with Gasteiger partial charge in [-0.2, -0.15) is 0 Å². The summed E-state index contributed by atoms with van der Waals surface area (Å²) in [5, 5.41) is 0. The van der Waals surface area contributed by atoms with E-state index in [1.807, 2.05) is 0 Å². The van der Waals surface area contributed by atoms with Crippen LogP contribution in [0.2, 0.25) is 0 Å². The highest BCUT2D eigenvalue weighted by atomic mass is 16.5. The molecule has 1 aliphatic rings. The second kappa shape index (κ2) is 4.75. The van der Waals surface area contributed by atoms with Crippen molar-refractivity contribution in [2.75, 3.05) is 7.11 Å². The molecule has 0 saturated carbocycles. The van der Waals surface area contributed by atoms with E-state index in [-0.39, 0.29) is 5.97 Å². The van der Waals surface area contributed by atoms with Gasteiger partial charge in [0.05, 0.1) is 7.11 Å². The third-order valence-corrected chi connectivity index (χ3v) is 1.92. The van der Waals surface area contributed by atoms with Gasteiger partial charge < -0.3 is 4.74 Å². The van der Waals surface area contributed by atoms with Crippen LogP contribution in [0.15, 0.2) is 23.8 Å². The lowest BCUT2D eigenvalue weighted by molar-refractivity contribution is -0.140. The van der Waals surface area contributed by atoms with Crippen molar-refractivity contribution >= 4 is 5.97 Å². The van der Waals surface area contributed by atoms with Gasteiger partial charge >= 0.3 is 5.97 Å². The van der Waals surface area contributed by atoms with Crippen LogP contribution in [0.3, 0.4) is 0 Å². The molecule has 0 fully saturated rings. The van der Waals surface area contributed by atoms with Crippen LogP contribution in [-0.2, 0) is 9.53 Å². The van der Waals surface area contributed by atoms with Gasteiger partial charge in [0.15, 0.2) is 0 Å². The summed E-state index contributed by atoms with van der Waals surface area (Å²) in [7, 11) is 1.42. The smallest absolute Gasteiger partial charge is 0.305 e. The van der Waals surface area contributed by atoms with Crippen LogP contribution in [-0.4, -0.2) is 13.1 Å². The van der Waals surface area contributed by atoms with Crippen LogP contribution >= 0.6 is 0 Å². The quantitative estimate of drug-likeness (QED) is 0.601. The van der Waals surface area contributed by atoms with Gasteiger partial charge in [0.25, 0.3) is 0 Å². The molecule has 0 amide bonds. The number of rotatable bonds is 3. The fourth-order valence-corrected chi connectivity index (χ4v) is 1.20. The Balaban J connectivity index is 2.27. The topological polar surface area (TPSA) is 26.3 Å². The van der Waals surface area contributed by atoms with E-state index in [2.05, 4.69) is 23.0 Å². The van der Waals surface area contributed by atoms with Crippen LogP contribution in [0, 0.1) is 0 Å². The summed E-state index contributed by atoms with van der Waals surface area (Å²) >= 11 is 0. The molecule has 0 bridgehead atoms. The standard InChI is InChI=1S/C10H14O2/c1-12-10(11)8-7-9-5-3-2-4-6-9/h3,5-6H,2,4,7-8H2,1H3. The van der Waals surface area contributed by atoms with Gasteiger partial charge in [-0.25, -0.2) is 0 Å². The first-order valence-electron chi connectivity index (χ1n) is 4.25. The number of carbonyl (C=O) groups is 1. The molecule has 0 spiro atoms. The van der Waals surface area contributed by atoms with Crippen LogP contribution < -0.4 is 0 Å². The average Bonchev–Trinajstić information content (AvgIpc) is 2.16. The molecule has 12 heavy (non-hydrogen) atoms. The normalized spacial score (nSPS) is 15.6. The van der Waals surface area contributed by atoms with Crippen molar-refractivity contribution in [3.05, 3.63) is 23.8 Å². The first-order valence-corrected chi connectivity index (χ1v) is 4.25. The van der Waals surface area contributed by atoms with Gasteiger partial charge in [0, 0.05) is 6.42 Å². The lowest BCUT2D eigenvalue weighted by Gasteiger charge is -2.05. The maximum Gasteiger partial charge on any atom is 0.305 e. The van der Waals surface area contributed by atoms with Crippen LogP contribution in [0.4, 0.5) is 0 Å². The van der Waals surface area contributed by atoms with Gasteiger partial charge in [0.1, 0.15) is 0 Å². The fraction of sp³-hybridized carbons (Fsp3) is 0.500. The molecule has 0 aromatic heterocycles. The molecule has 0 N–H and O–H groups in total. The Bertz CT molecular complexity index is 214. The Hall–Kier alpha value is -1.05. The molecular weight excluding hydrogens is 152 g/mol. The molecule has 0 aliphatic heterocycles.